The number of rotatable bonds is 5. The number of carbonyl (C=O) groups is 1. The molecule has 3 aromatic rings. The number of benzene rings is 2. The van der Waals surface area contributed by atoms with Crippen LogP contribution in [-0.4, -0.2) is 55.2 Å². The van der Waals surface area contributed by atoms with E-state index < -0.39 is 0 Å². The molecule has 0 unspecified atom stereocenters. The second-order valence-corrected chi connectivity index (χ2v) is 9.20. The first-order valence-corrected chi connectivity index (χ1v) is 11.3. The van der Waals surface area contributed by atoms with E-state index in [4.69, 9.17) is 9.72 Å². The molecule has 5 nitrogen and oxygen atoms in total. The summed E-state index contributed by atoms with van der Waals surface area (Å²) in [7, 11) is 0. The van der Waals surface area contributed by atoms with Crippen LogP contribution in [0, 0.1) is 27.7 Å². The van der Waals surface area contributed by atoms with Gasteiger partial charge in [-0.3, -0.25) is 14.6 Å². The number of ether oxygens (including phenoxy) is 1. The van der Waals surface area contributed by atoms with Gasteiger partial charge in [0.25, 0.3) is 5.91 Å². The number of thiazole rings is 1. The zero-order valence-electron chi connectivity index (χ0n) is 18.2. The molecule has 2 heterocycles. The van der Waals surface area contributed by atoms with Gasteiger partial charge in [0.15, 0.2) is 5.13 Å². The quantitative estimate of drug-likeness (QED) is 0.606. The highest BCUT2D eigenvalue weighted by Gasteiger charge is 2.23. The molecule has 0 N–H and O–H groups in total. The molecule has 2 aromatic carbocycles. The van der Waals surface area contributed by atoms with Crippen LogP contribution >= 0.6 is 11.3 Å². The summed E-state index contributed by atoms with van der Waals surface area (Å²) in [5.41, 5.74) is 6.35. The van der Waals surface area contributed by atoms with E-state index in [0.29, 0.717) is 6.54 Å². The third-order valence-electron chi connectivity index (χ3n) is 5.68. The normalized spacial score (nSPS) is 14.9. The summed E-state index contributed by atoms with van der Waals surface area (Å²) in [5, 5.41) is 0.771. The van der Waals surface area contributed by atoms with Crippen LogP contribution in [0.15, 0.2) is 30.3 Å². The molecule has 1 fully saturated rings. The third-order valence-corrected chi connectivity index (χ3v) is 6.72. The van der Waals surface area contributed by atoms with Crippen molar-refractivity contribution in [3.63, 3.8) is 0 Å². The maximum absolute atomic E-state index is 13.6. The third kappa shape index (κ3) is 4.56. The number of aromatic nitrogens is 1. The monoisotopic (exact) mass is 423 g/mol. The van der Waals surface area contributed by atoms with Crippen molar-refractivity contribution >= 4 is 32.6 Å². The largest absolute Gasteiger partial charge is 0.379 e. The minimum Gasteiger partial charge on any atom is -0.379 e. The van der Waals surface area contributed by atoms with Gasteiger partial charge in [-0.05, 0) is 63.1 Å². The lowest BCUT2D eigenvalue weighted by atomic mass is 10.1. The molecule has 6 heteroatoms. The van der Waals surface area contributed by atoms with Crippen molar-refractivity contribution in [2.24, 2.45) is 0 Å². The van der Waals surface area contributed by atoms with Crippen LogP contribution in [0.5, 0.6) is 0 Å². The van der Waals surface area contributed by atoms with Crippen LogP contribution in [0.25, 0.3) is 10.2 Å². The Morgan fingerprint density at radius 2 is 1.70 bits per heavy atom. The molecule has 0 spiro atoms. The van der Waals surface area contributed by atoms with Gasteiger partial charge in [0.2, 0.25) is 0 Å². The lowest BCUT2D eigenvalue weighted by Crippen LogP contribution is -2.43. The van der Waals surface area contributed by atoms with Crippen molar-refractivity contribution in [1.82, 2.24) is 9.88 Å². The lowest BCUT2D eigenvalue weighted by Gasteiger charge is -2.29. The van der Waals surface area contributed by atoms with Crippen molar-refractivity contribution in [1.29, 1.82) is 0 Å². The predicted molar refractivity (Wildman–Crippen MR) is 124 cm³/mol. The summed E-state index contributed by atoms with van der Waals surface area (Å²) < 4.78 is 6.59. The van der Waals surface area contributed by atoms with E-state index in [1.165, 1.54) is 11.1 Å². The number of hydrogen-bond donors (Lipinski definition) is 0. The van der Waals surface area contributed by atoms with Crippen LogP contribution in [0.3, 0.4) is 0 Å². The molecule has 1 amide bonds. The number of aryl methyl sites for hydroxylation is 4. The molecular weight excluding hydrogens is 394 g/mol. The minimum absolute atomic E-state index is 0.0163. The minimum atomic E-state index is 0.0163. The summed E-state index contributed by atoms with van der Waals surface area (Å²) in [5.74, 6) is 0.0163. The molecule has 1 aromatic heterocycles. The SMILES string of the molecule is Cc1cc(C)cc(C(=O)N(CCN2CCOCC2)c2nc3cc(C)c(C)cc3s2)c1. The summed E-state index contributed by atoms with van der Waals surface area (Å²) in [6, 6.07) is 10.3. The van der Waals surface area contributed by atoms with Gasteiger partial charge in [0.1, 0.15) is 0 Å². The van der Waals surface area contributed by atoms with E-state index in [9.17, 15) is 4.79 Å². The van der Waals surface area contributed by atoms with Crippen LogP contribution in [0.1, 0.15) is 32.6 Å². The number of nitrogens with zero attached hydrogens (tertiary/aromatic N) is 3. The predicted octanol–water partition coefficient (Wildman–Crippen LogP) is 4.51. The smallest absolute Gasteiger partial charge is 0.260 e. The Bertz CT molecular complexity index is 1010. The van der Waals surface area contributed by atoms with Gasteiger partial charge in [-0.15, -0.1) is 0 Å². The van der Waals surface area contributed by atoms with Crippen LogP contribution in [0.4, 0.5) is 5.13 Å². The average molecular weight is 424 g/mol. The Morgan fingerprint density at radius 3 is 2.40 bits per heavy atom. The maximum Gasteiger partial charge on any atom is 0.260 e. The van der Waals surface area contributed by atoms with Crippen LogP contribution in [-0.2, 0) is 4.74 Å². The van der Waals surface area contributed by atoms with Gasteiger partial charge >= 0.3 is 0 Å². The van der Waals surface area contributed by atoms with E-state index in [1.54, 1.807) is 11.3 Å². The Kier molecular flexibility index (Phi) is 6.18. The van der Waals surface area contributed by atoms with Gasteiger partial charge in [-0.2, -0.15) is 0 Å². The van der Waals surface area contributed by atoms with E-state index >= 15 is 0 Å². The van der Waals surface area contributed by atoms with Gasteiger partial charge in [0, 0.05) is 31.7 Å². The topological polar surface area (TPSA) is 45.7 Å². The van der Waals surface area contributed by atoms with Crippen LogP contribution in [0.2, 0.25) is 0 Å². The number of fused-ring (bicyclic) bond motifs is 1. The van der Waals surface area contributed by atoms with E-state index in [1.807, 2.05) is 30.9 Å². The summed E-state index contributed by atoms with van der Waals surface area (Å²) in [6.07, 6.45) is 0. The first-order valence-electron chi connectivity index (χ1n) is 10.5. The summed E-state index contributed by atoms with van der Waals surface area (Å²) in [4.78, 5) is 22.6. The van der Waals surface area contributed by atoms with Crippen molar-refractivity contribution in [3.8, 4) is 0 Å². The molecule has 1 aliphatic rings. The number of morpholine rings is 1. The Balaban J connectivity index is 1.68. The molecule has 0 radical (unpaired) electrons. The number of hydrogen-bond acceptors (Lipinski definition) is 5. The van der Waals surface area contributed by atoms with Gasteiger partial charge in [-0.25, -0.2) is 4.98 Å². The van der Waals surface area contributed by atoms with Crippen LogP contribution < -0.4 is 4.90 Å². The summed E-state index contributed by atoms with van der Waals surface area (Å²) in [6.45, 7) is 13.0. The number of anilines is 1. The fourth-order valence-corrected chi connectivity index (χ4v) is 4.96. The molecule has 1 saturated heterocycles. The Morgan fingerprint density at radius 1 is 1.03 bits per heavy atom. The van der Waals surface area contributed by atoms with Gasteiger partial charge in [0.05, 0.1) is 23.4 Å². The van der Waals surface area contributed by atoms with Crippen molar-refractivity contribution in [2.45, 2.75) is 27.7 Å². The highest BCUT2D eigenvalue weighted by atomic mass is 32.1. The molecule has 0 atom stereocenters. The fourth-order valence-electron chi connectivity index (χ4n) is 3.89. The summed E-state index contributed by atoms with van der Waals surface area (Å²) >= 11 is 1.60. The molecule has 1 aliphatic heterocycles. The highest BCUT2D eigenvalue weighted by Crippen LogP contribution is 2.31. The second-order valence-electron chi connectivity index (χ2n) is 8.19. The average Bonchev–Trinajstić information content (AvgIpc) is 3.10. The number of amides is 1. The Hall–Kier alpha value is -2.28. The molecular formula is C24H29N3O2S. The second kappa shape index (κ2) is 8.84. The first kappa shape index (κ1) is 21.0. The zero-order valence-corrected chi connectivity index (χ0v) is 19.0. The molecule has 0 bridgehead atoms. The fraction of sp³-hybridized carbons (Fsp3) is 0.417. The van der Waals surface area contributed by atoms with Crippen molar-refractivity contribution in [3.05, 3.63) is 58.1 Å². The lowest BCUT2D eigenvalue weighted by molar-refractivity contribution is 0.0391. The van der Waals surface area contributed by atoms with Crippen molar-refractivity contribution < 1.29 is 9.53 Å². The van der Waals surface area contributed by atoms with E-state index in [0.717, 1.165) is 64.9 Å². The molecule has 4 rings (SSSR count). The standard InChI is InChI=1S/C24H29N3O2S/c1-16-11-17(2)13-20(12-16)23(28)27(6-5-26-7-9-29-10-8-26)24-25-21-14-18(3)19(4)15-22(21)30-24/h11-15H,5-10H2,1-4H3. The van der Waals surface area contributed by atoms with E-state index in [2.05, 4.69) is 36.9 Å². The molecule has 0 saturated carbocycles. The first-order chi connectivity index (χ1) is 14.4. The highest BCUT2D eigenvalue weighted by molar-refractivity contribution is 7.22. The van der Waals surface area contributed by atoms with Gasteiger partial charge in [-0.1, -0.05) is 28.5 Å². The van der Waals surface area contributed by atoms with Crippen molar-refractivity contribution in [2.75, 3.05) is 44.3 Å². The molecule has 0 aliphatic carbocycles. The molecule has 158 valence electrons. The maximum atomic E-state index is 13.6. The zero-order chi connectivity index (χ0) is 21.3. The number of carbonyl (C=O) groups excluding carboxylic acids is 1. The van der Waals surface area contributed by atoms with Gasteiger partial charge < -0.3 is 4.74 Å². The Labute approximate surface area is 182 Å². The molecule has 30 heavy (non-hydrogen) atoms. The van der Waals surface area contributed by atoms with E-state index in [-0.39, 0.29) is 5.91 Å².